The van der Waals surface area contributed by atoms with E-state index in [-0.39, 0.29) is 35.5 Å². The maximum Gasteiger partial charge on any atom is 0.225 e. The lowest BCUT2D eigenvalue weighted by molar-refractivity contribution is -0.125. The first-order chi connectivity index (χ1) is 11.6. The van der Waals surface area contributed by atoms with E-state index >= 15 is 0 Å². The maximum absolute atomic E-state index is 13.3. The van der Waals surface area contributed by atoms with Crippen LogP contribution in [0.2, 0.25) is 0 Å². The first-order valence-electron chi connectivity index (χ1n) is 8.37. The minimum Gasteiger partial charge on any atom is -0.352 e. The van der Waals surface area contributed by atoms with E-state index < -0.39 is 0 Å². The number of hydrogen-bond acceptors (Lipinski definition) is 3. The standard InChI is InChI=1S/C18H21FN4O/c1-23-10-12(7-21-23)15-8-20-9-16(15)18(24)22-17-6-14(17)11-3-2-4-13(19)5-11/h2-5,7,10,14-17,20H,6,8-9H2,1H3,(H,22,24)/t14?,15-,16+,17?/m1/s1. The molecule has 2 aromatic rings. The second kappa shape index (κ2) is 6.02. The molecule has 2 aliphatic rings. The molecule has 6 heteroatoms. The van der Waals surface area contributed by atoms with Gasteiger partial charge in [0, 0.05) is 44.2 Å². The third kappa shape index (κ3) is 2.94. The molecule has 1 saturated carbocycles. The normalized spacial score (nSPS) is 28.8. The van der Waals surface area contributed by atoms with Crippen molar-refractivity contribution in [2.45, 2.75) is 24.3 Å². The highest BCUT2D eigenvalue weighted by Crippen LogP contribution is 2.41. The largest absolute Gasteiger partial charge is 0.352 e. The Labute approximate surface area is 140 Å². The summed E-state index contributed by atoms with van der Waals surface area (Å²) in [7, 11) is 1.88. The van der Waals surface area contributed by atoms with Crippen LogP contribution in [0, 0.1) is 11.7 Å². The summed E-state index contributed by atoms with van der Waals surface area (Å²) in [6.45, 7) is 1.48. The first-order valence-corrected chi connectivity index (χ1v) is 8.37. The molecule has 0 spiro atoms. The molecule has 0 radical (unpaired) electrons. The molecule has 1 saturated heterocycles. The monoisotopic (exact) mass is 328 g/mol. The van der Waals surface area contributed by atoms with Crippen LogP contribution in [-0.2, 0) is 11.8 Å². The topological polar surface area (TPSA) is 59.0 Å². The maximum atomic E-state index is 13.3. The molecule has 0 bridgehead atoms. The van der Waals surface area contributed by atoms with Gasteiger partial charge in [0.25, 0.3) is 0 Å². The summed E-state index contributed by atoms with van der Waals surface area (Å²) in [6, 6.07) is 6.78. The van der Waals surface area contributed by atoms with Gasteiger partial charge in [-0.05, 0) is 29.7 Å². The van der Waals surface area contributed by atoms with Gasteiger partial charge in [0.1, 0.15) is 5.82 Å². The quantitative estimate of drug-likeness (QED) is 0.895. The lowest BCUT2D eigenvalue weighted by Crippen LogP contribution is -2.36. The van der Waals surface area contributed by atoms with Gasteiger partial charge in [0.05, 0.1) is 12.1 Å². The highest BCUT2D eigenvalue weighted by molar-refractivity contribution is 5.81. The molecule has 2 fully saturated rings. The molecule has 2 N–H and O–H groups in total. The van der Waals surface area contributed by atoms with E-state index in [0.717, 1.165) is 24.1 Å². The molecule has 2 heterocycles. The minimum atomic E-state index is -0.221. The van der Waals surface area contributed by atoms with Crippen molar-refractivity contribution < 1.29 is 9.18 Å². The summed E-state index contributed by atoms with van der Waals surface area (Å²) < 4.78 is 15.1. The number of benzene rings is 1. The Morgan fingerprint density at radius 2 is 2.21 bits per heavy atom. The summed E-state index contributed by atoms with van der Waals surface area (Å²) in [5.74, 6) is 0.169. The van der Waals surface area contributed by atoms with E-state index in [0.29, 0.717) is 6.54 Å². The van der Waals surface area contributed by atoms with Crippen LogP contribution in [0.5, 0.6) is 0 Å². The van der Waals surface area contributed by atoms with Crippen molar-refractivity contribution >= 4 is 5.91 Å². The Kier molecular flexibility index (Phi) is 3.84. The fraction of sp³-hybridized carbons (Fsp3) is 0.444. The average Bonchev–Trinajstić information content (AvgIpc) is 2.96. The molecule has 1 aliphatic carbocycles. The van der Waals surface area contributed by atoms with Gasteiger partial charge in [-0.3, -0.25) is 9.48 Å². The van der Waals surface area contributed by atoms with Gasteiger partial charge in [-0.1, -0.05) is 12.1 Å². The van der Waals surface area contributed by atoms with Crippen LogP contribution < -0.4 is 10.6 Å². The number of carbonyl (C=O) groups is 1. The smallest absolute Gasteiger partial charge is 0.225 e. The van der Waals surface area contributed by atoms with Crippen molar-refractivity contribution in [2.75, 3.05) is 13.1 Å². The summed E-state index contributed by atoms with van der Waals surface area (Å²) in [4.78, 5) is 12.7. The summed E-state index contributed by atoms with van der Waals surface area (Å²) >= 11 is 0. The van der Waals surface area contributed by atoms with Crippen molar-refractivity contribution in [3.8, 4) is 0 Å². The van der Waals surface area contributed by atoms with E-state index in [1.54, 1.807) is 16.8 Å². The van der Waals surface area contributed by atoms with Crippen LogP contribution in [0.1, 0.15) is 29.4 Å². The van der Waals surface area contributed by atoms with Crippen molar-refractivity contribution in [3.05, 3.63) is 53.6 Å². The highest BCUT2D eigenvalue weighted by Gasteiger charge is 2.42. The van der Waals surface area contributed by atoms with Crippen LogP contribution in [-0.4, -0.2) is 34.8 Å². The van der Waals surface area contributed by atoms with Gasteiger partial charge in [0.15, 0.2) is 0 Å². The number of nitrogens with one attached hydrogen (secondary N) is 2. The average molecular weight is 328 g/mol. The predicted molar refractivity (Wildman–Crippen MR) is 88.0 cm³/mol. The Hall–Kier alpha value is -2.21. The Balaban J connectivity index is 1.40. The molecular formula is C18H21FN4O. The minimum absolute atomic E-state index is 0.0806. The Morgan fingerprint density at radius 1 is 1.33 bits per heavy atom. The third-order valence-corrected chi connectivity index (χ3v) is 5.10. The van der Waals surface area contributed by atoms with Gasteiger partial charge in [-0.15, -0.1) is 0 Å². The first kappa shape index (κ1) is 15.3. The number of aromatic nitrogens is 2. The molecule has 1 aliphatic heterocycles. The van der Waals surface area contributed by atoms with Crippen LogP contribution >= 0.6 is 0 Å². The fourth-order valence-electron chi connectivity index (χ4n) is 3.69. The molecule has 4 atom stereocenters. The number of aryl methyl sites for hydroxylation is 1. The number of rotatable bonds is 4. The van der Waals surface area contributed by atoms with E-state index in [4.69, 9.17) is 0 Å². The van der Waals surface area contributed by atoms with Crippen LogP contribution in [0.25, 0.3) is 0 Å². The molecule has 24 heavy (non-hydrogen) atoms. The van der Waals surface area contributed by atoms with E-state index in [9.17, 15) is 9.18 Å². The van der Waals surface area contributed by atoms with Crippen LogP contribution in [0.3, 0.4) is 0 Å². The molecule has 5 nitrogen and oxygen atoms in total. The van der Waals surface area contributed by atoms with Gasteiger partial charge in [-0.2, -0.15) is 5.10 Å². The molecular weight excluding hydrogens is 307 g/mol. The van der Waals surface area contributed by atoms with Crippen LogP contribution in [0.15, 0.2) is 36.7 Å². The number of halogens is 1. The lowest BCUT2D eigenvalue weighted by atomic mass is 9.90. The Morgan fingerprint density at radius 3 is 2.96 bits per heavy atom. The number of hydrogen-bond donors (Lipinski definition) is 2. The molecule has 2 unspecified atom stereocenters. The van der Waals surface area contributed by atoms with Gasteiger partial charge < -0.3 is 10.6 Å². The molecule has 126 valence electrons. The van der Waals surface area contributed by atoms with Crippen molar-refractivity contribution in [1.29, 1.82) is 0 Å². The molecule has 1 aromatic carbocycles. The summed E-state index contributed by atoms with van der Waals surface area (Å²) in [5, 5.41) is 10.7. The van der Waals surface area contributed by atoms with Crippen LogP contribution in [0.4, 0.5) is 4.39 Å². The molecule has 1 amide bonds. The van der Waals surface area contributed by atoms with Crippen molar-refractivity contribution in [3.63, 3.8) is 0 Å². The fourth-order valence-corrected chi connectivity index (χ4v) is 3.69. The van der Waals surface area contributed by atoms with Gasteiger partial charge in [0.2, 0.25) is 5.91 Å². The highest BCUT2D eigenvalue weighted by atomic mass is 19.1. The Bertz CT molecular complexity index is 759. The lowest BCUT2D eigenvalue weighted by Gasteiger charge is -2.17. The van der Waals surface area contributed by atoms with Gasteiger partial charge >= 0.3 is 0 Å². The number of nitrogens with zero attached hydrogens (tertiary/aromatic N) is 2. The number of carbonyl (C=O) groups excluding carboxylic acids is 1. The SMILES string of the molecule is Cn1cc([C@H]2CNC[C@@H]2C(=O)NC2CC2c2cccc(F)c2)cn1. The molecule has 1 aromatic heterocycles. The zero-order valence-electron chi connectivity index (χ0n) is 13.6. The van der Waals surface area contributed by atoms with Gasteiger partial charge in [-0.25, -0.2) is 4.39 Å². The second-order valence-electron chi connectivity index (χ2n) is 6.83. The van der Waals surface area contributed by atoms with Crippen molar-refractivity contribution in [2.24, 2.45) is 13.0 Å². The zero-order chi connectivity index (χ0) is 16.7. The van der Waals surface area contributed by atoms with E-state index in [2.05, 4.69) is 15.7 Å². The number of amides is 1. The summed E-state index contributed by atoms with van der Waals surface area (Å²) in [5.41, 5.74) is 2.06. The van der Waals surface area contributed by atoms with Crippen molar-refractivity contribution in [1.82, 2.24) is 20.4 Å². The zero-order valence-corrected chi connectivity index (χ0v) is 13.6. The third-order valence-electron chi connectivity index (χ3n) is 5.10. The van der Waals surface area contributed by atoms with E-state index in [1.165, 1.54) is 6.07 Å². The predicted octanol–water partition coefficient (Wildman–Crippen LogP) is 1.53. The summed E-state index contributed by atoms with van der Waals surface area (Å²) in [6.07, 6.45) is 4.70. The second-order valence-corrected chi connectivity index (χ2v) is 6.83. The molecule has 4 rings (SSSR count). The van der Waals surface area contributed by atoms with E-state index in [1.807, 2.05) is 25.5 Å².